The Morgan fingerprint density at radius 1 is 0.926 bits per heavy atom. The molecule has 4 heteroatoms. The predicted molar refractivity (Wildman–Crippen MR) is 109 cm³/mol. The Balaban J connectivity index is 2.23. The number of hydrogen-bond donors (Lipinski definition) is 0. The van der Waals surface area contributed by atoms with E-state index in [1.807, 2.05) is 75.1 Å². The molecule has 0 aliphatic carbocycles. The van der Waals surface area contributed by atoms with Crippen LogP contribution >= 0.6 is 0 Å². The minimum atomic E-state index is -0.206. The van der Waals surface area contributed by atoms with Crippen molar-refractivity contribution in [1.29, 1.82) is 0 Å². The number of nitrogens with zero attached hydrogens (tertiary/aromatic N) is 2. The van der Waals surface area contributed by atoms with Crippen molar-refractivity contribution in [2.24, 2.45) is 0 Å². The molecule has 4 nitrogen and oxygen atoms in total. The number of carbonyl (C=O) groups excluding carboxylic acids is 2. The van der Waals surface area contributed by atoms with Crippen LogP contribution in [0.1, 0.15) is 37.0 Å². The lowest BCUT2D eigenvalue weighted by molar-refractivity contribution is -0.136. The zero-order valence-corrected chi connectivity index (χ0v) is 16.5. The summed E-state index contributed by atoms with van der Waals surface area (Å²) in [4.78, 5) is 29.8. The van der Waals surface area contributed by atoms with Crippen LogP contribution in [-0.2, 0) is 9.59 Å². The highest BCUT2D eigenvalue weighted by Crippen LogP contribution is 2.35. The summed E-state index contributed by atoms with van der Waals surface area (Å²) < 4.78 is 0. The maximum atomic E-state index is 13.2. The third kappa shape index (κ3) is 3.39. The fourth-order valence-electron chi connectivity index (χ4n) is 3.65. The van der Waals surface area contributed by atoms with Gasteiger partial charge in [0.2, 0.25) is 0 Å². The Morgan fingerprint density at radius 3 is 2.22 bits per heavy atom. The molecule has 140 valence electrons. The highest BCUT2D eigenvalue weighted by molar-refractivity contribution is 6.37. The Hall–Kier alpha value is -2.88. The summed E-state index contributed by atoms with van der Waals surface area (Å²) in [6, 6.07) is 15.8. The number of aryl methyl sites for hydroxylation is 2. The number of amides is 2. The van der Waals surface area contributed by atoms with Gasteiger partial charge in [-0.2, -0.15) is 0 Å². The minimum absolute atomic E-state index is 0.196. The van der Waals surface area contributed by atoms with Crippen molar-refractivity contribution < 1.29 is 9.59 Å². The van der Waals surface area contributed by atoms with E-state index < -0.39 is 0 Å². The van der Waals surface area contributed by atoms with Gasteiger partial charge in [0.25, 0.3) is 11.8 Å². The molecule has 2 amide bonds. The summed E-state index contributed by atoms with van der Waals surface area (Å²) in [6.45, 7) is 9.03. The van der Waals surface area contributed by atoms with Crippen LogP contribution in [0.15, 0.2) is 54.2 Å². The molecule has 0 unspecified atom stereocenters. The van der Waals surface area contributed by atoms with Crippen LogP contribution in [0, 0.1) is 13.8 Å². The highest BCUT2D eigenvalue weighted by atomic mass is 16.2. The molecule has 1 heterocycles. The smallest absolute Gasteiger partial charge is 0.278 e. The molecule has 27 heavy (non-hydrogen) atoms. The van der Waals surface area contributed by atoms with Gasteiger partial charge in [-0.1, -0.05) is 48.9 Å². The molecule has 0 fully saturated rings. The molecular weight excluding hydrogens is 336 g/mol. The van der Waals surface area contributed by atoms with Gasteiger partial charge in [0.1, 0.15) is 5.70 Å². The Morgan fingerprint density at radius 2 is 1.63 bits per heavy atom. The molecule has 2 aromatic carbocycles. The van der Waals surface area contributed by atoms with E-state index in [1.54, 1.807) is 0 Å². The summed E-state index contributed by atoms with van der Waals surface area (Å²) in [7, 11) is 0. The van der Waals surface area contributed by atoms with E-state index >= 15 is 0 Å². The van der Waals surface area contributed by atoms with Gasteiger partial charge in [-0.3, -0.25) is 14.5 Å². The molecule has 0 spiro atoms. The van der Waals surface area contributed by atoms with Crippen molar-refractivity contribution in [2.45, 2.75) is 34.1 Å². The molecule has 0 radical (unpaired) electrons. The second-order valence-electron chi connectivity index (χ2n) is 6.88. The topological polar surface area (TPSA) is 40.6 Å². The fraction of sp³-hybridized carbons (Fsp3) is 0.304. The molecule has 0 N–H and O–H groups in total. The summed E-state index contributed by atoms with van der Waals surface area (Å²) >= 11 is 0. The van der Waals surface area contributed by atoms with Crippen LogP contribution < -0.4 is 4.90 Å². The first-order valence-electron chi connectivity index (χ1n) is 9.50. The lowest BCUT2D eigenvalue weighted by Crippen LogP contribution is -2.35. The Kier molecular flexibility index (Phi) is 5.45. The van der Waals surface area contributed by atoms with Crippen molar-refractivity contribution in [2.75, 3.05) is 18.0 Å². The second kappa shape index (κ2) is 7.78. The predicted octanol–water partition coefficient (Wildman–Crippen LogP) is 4.32. The van der Waals surface area contributed by atoms with Crippen LogP contribution in [0.4, 0.5) is 5.69 Å². The summed E-state index contributed by atoms with van der Waals surface area (Å²) in [5, 5.41) is 0. The molecule has 0 bridgehead atoms. The van der Waals surface area contributed by atoms with E-state index in [1.165, 1.54) is 4.90 Å². The lowest BCUT2D eigenvalue weighted by Gasteiger charge is -2.25. The minimum Gasteiger partial charge on any atom is -0.337 e. The first-order valence-corrected chi connectivity index (χ1v) is 9.50. The SMILES string of the molecule is CCCN1C(=O)C(c2ccc(C)cc2C)=C(N(CC)c2ccccc2)C1=O. The number of anilines is 1. The maximum Gasteiger partial charge on any atom is 0.278 e. The van der Waals surface area contributed by atoms with Gasteiger partial charge in [0.15, 0.2) is 0 Å². The standard InChI is InChI=1S/C23H26N2O2/c1-5-14-25-22(26)20(19-13-12-16(3)15-17(19)4)21(23(25)27)24(6-2)18-10-8-7-9-11-18/h7-13,15H,5-6,14H2,1-4H3. The van der Waals surface area contributed by atoms with Crippen LogP contribution in [0.2, 0.25) is 0 Å². The maximum absolute atomic E-state index is 13.2. The Bertz CT molecular complexity index is 900. The summed E-state index contributed by atoms with van der Waals surface area (Å²) in [5.74, 6) is -0.402. The van der Waals surface area contributed by atoms with Crippen molar-refractivity contribution in [3.05, 3.63) is 70.9 Å². The number of likely N-dealkylation sites (N-methyl/N-ethyl adjacent to an activating group) is 1. The third-order valence-corrected chi connectivity index (χ3v) is 4.90. The van der Waals surface area contributed by atoms with Crippen molar-refractivity contribution in [3.63, 3.8) is 0 Å². The first kappa shape index (κ1) is 18.9. The number of carbonyl (C=O) groups is 2. The monoisotopic (exact) mass is 362 g/mol. The average molecular weight is 362 g/mol. The molecule has 0 saturated heterocycles. The van der Waals surface area contributed by atoms with E-state index in [0.717, 1.165) is 28.8 Å². The molecule has 0 atom stereocenters. The van der Waals surface area contributed by atoms with Crippen LogP contribution in [0.3, 0.4) is 0 Å². The third-order valence-electron chi connectivity index (χ3n) is 4.90. The lowest BCUT2D eigenvalue weighted by atomic mass is 9.97. The molecule has 0 aromatic heterocycles. The van der Waals surface area contributed by atoms with Gasteiger partial charge >= 0.3 is 0 Å². The quantitative estimate of drug-likeness (QED) is 0.719. The van der Waals surface area contributed by atoms with Gasteiger partial charge in [-0.25, -0.2) is 0 Å². The molecule has 1 aliphatic rings. The zero-order chi connectivity index (χ0) is 19.6. The molecule has 3 rings (SSSR count). The molecular formula is C23H26N2O2. The van der Waals surface area contributed by atoms with Gasteiger partial charge in [-0.15, -0.1) is 0 Å². The van der Waals surface area contributed by atoms with Crippen LogP contribution in [0.5, 0.6) is 0 Å². The number of benzene rings is 2. The van der Waals surface area contributed by atoms with Crippen LogP contribution in [-0.4, -0.2) is 29.8 Å². The van der Waals surface area contributed by atoms with Crippen molar-refractivity contribution in [3.8, 4) is 0 Å². The van der Waals surface area contributed by atoms with Gasteiger partial charge < -0.3 is 4.90 Å². The van der Waals surface area contributed by atoms with E-state index in [0.29, 0.717) is 24.4 Å². The number of hydrogen-bond acceptors (Lipinski definition) is 3. The zero-order valence-electron chi connectivity index (χ0n) is 16.5. The summed E-state index contributed by atoms with van der Waals surface area (Å²) in [6.07, 6.45) is 0.738. The van der Waals surface area contributed by atoms with Gasteiger partial charge in [-0.05, 0) is 50.5 Å². The average Bonchev–Trinajstić information content (AvgIpc) is 2.89. The first-order chi connectivity index (χ1) is 13.0. The highest BCUT2D eigenvalue weighted by Gasteiger charge is 2.41. The van der Waals surface area contributed by atoms with E-state index in [9.17, 15) is 9.59 Å². The number of para-hydroxylation sites is 1. The molecule has 2 aromatic rings. The Labute approximate surface area is 161 Å². The van der Waals surface area contributed by atoms with Gasteiger partial charge in [0.05, 0.1) is 5.57 Å². The van der Waals surface area contributed by atoms with E-state index in [2.05, 4.69) is 6.07 Å². The fourth-order valence-corrected chi connectivity index (χ4v) is 3.65. The van der Waals surface area contributed by atoms with Crippen molar-refractivity contribution in [1.82, 2.24) is 4.90 Å². The van der Waals surface area contributed by atoms with Crippen LogP contribution in [0.25, 0.3) is 5.57 Å². The van der Waals surface area contributed by atoms with E-state index in [4.69, 9.17) is 0 Å². The summed E-state index contributed by atoms with van der Waals surface area (Å²) in [5.41, 5.74) is 4.88. The largest absolute Gasteiger partial charge is 0.337 e. The number of rotatable bonds is 6. The molecule has 0 saturated carbocycles. The van der Waals surface area contributed by atoms with E-state index in [-0.39, 0.29) is 11.8 Å². The normalized spacial score (nSPS) is 14.3. The molecule has 1 aliphatic heterocycles. The second-order valence-corrected chi connectivity index (χ2v) is 6.88. The van der Waals surface area contributed by atoms with Crippen molar-refractivity contribution >= 4 is 23.1 Å². The van der Waals surface area contributed by atoms with Gasteiger partial charge in [0, 0.05) is 18.8 Å². The number of imide groups is 1.